The maximum Gasteiger partial charge on any atom is 0.305 e. The zero-order valence-corrected chi connectivity index (χ0v) is 20.6. The first kappa shape index (κ1) is 21.0. The number of halogens is 1. The van der Waals surface area contributed by atoms with E-state index in [2.05, 4.69) is 30.1 Å². The minimum atomic E-state index is -0.293. The molecule has 2 aromatic carbocycles. The van der Waals surface area contributed by atoms with Crippen molar-refractivity contribution < 1.29 is 9.59 Å². The highest BCUT2D eigenvalue weighted by molar-refractivity contribution is 8.00. The summed E-state index contributed by atoms with van der Waals surface area (Å²) in [5.41, 5.74) is 3.02. The molecule has 34 heavy (non-hydrogen) atoms. The van der Waals surface area contributed by atoms with Crippen LogP contribution >= 0.6 is 34.7 Å². The summed E-state index contributed by atoms with van der Waals surface area (Å²) in [6.07, 6.45) is 0.894. The number of fused-ring (bicyclic) bond motifs is 9. The lowest BCUT2D eigenvalue weighted by Gasteiger charge is -2.43. The Hall–Kier alpha value is -2.35. The number of thiazole rings is 1. The van der Waals surface area contributed by atoms with Gasteiger partial charge in [0, 0.05) is 21.1 Å². The summed E-state index contributed by atoms with van der Waals surface area (Å²) < 4.78 is 0. The number of carbonyl (C=O) groups is 2. The van der Waals surface area contributed by atoms with Crippen LogP contribution in [-0.2, 0) is 9.59 Å². The Kier molecular flexibility index (Phi) is 4.52. The van der Waals surface area contributed by atoms with E-state index in [0.717, 1.165) is 16.3 Å². The number of hydrogen-bond acceptors (Lipinski definition) is 5. The molecule has 1 aromatic heterocycles. The van der Waals surface area contributed by atoms with Crippen LogP contribution in [0.5, 0.6) is 0 Å². The number of hydrogen-bond donors (Lipinski definition) is 1. The van der Waals surface area contributed by atoms with E-state index in [-0.39, 0.29) is 57.4 Å². The standard InChI is InChI=1S/C26H21ClN2O3S2/c1-11-4-2-3-5-14(11)17-18-15-10-16(21(18)33-23-22(17)34-26(32)28-23)20-19(15)24(30)29(25(20)31)13-8-6-12(27)7-9-13/h2-9,15-21H,10H2,1H3,(H,28,32)/t15-,16+,17-,18+,19-,20-,21-/m1/s1. The first-order valence-electron chi connectivity index (χ1n) is 11.5. The number of aromatic amines is 1. The summed E-state index contributed by atoms with van der Waals surface area (Å²) in [4.78, 5) is 45.2. The van der Waals surface area contributed by atoms with Gasteiger partial charge in [-0.05, 0) is 66.5 Å². The van der Waals surface area contributed by atoms with Crippen LogP contribution in [0.25, 0.3) is 0 Å². The van der Waals surface area contributed by atoms with Gasteiger partial charge >= 0.3 is 4.87 Å². The molecule has 172 valence electrons. The second kappa shape index (κ2) is 7.33. The molecule has 7 atom stereocenters. The molecule has 7 rings (SSSR count). The topological polar surface area (TPSA) is 70.2 Å². The van der Waals surface area contributed by atoms with Gasteiger partial charge in [-0.2, -0.15) is 0 Å². The maximum absolute atomic E-state index is 13.7. The summed E-state index contributed by atoms with van der Waals surface area (Å²) in [6, 6.07) is 15.3. The average Bonchev–Trinajstić information content (AvgIpc) is 3.54. The van der Waals surface area contributed by atoms with Crippen molar-refractivity contribution in [1.29, 1.82) is 0 Å². The Balaban J connectivity index is 1.34. The lowest BCUT2D eigenvalue weighted by atomic mass is 9.67. The zero-order valence-electron chi connectivity index (χ0n) is 18.2. The molecule has 2 aliphatic carbocycles. The van der Waals surface area contributed by atoms with Crippen LogP contribution in [0.1, 0.15) is 28.3 Å². The lowest BCUT2D eigenvalue weighted by Crippen LogP contribution is -2.42. The minimum Gasteiger partial charge on any atom is -0.307 e. The molecule has 2 saturated carbocycles. The number of imide groups is 1. The van der Waals surface area contributed by atoms with Crippen molar-refractivity contribution in [1.82, 2.24) is 4.98 Å². The predicted octanol–water partition coefficient (Wildman–Crippen LogP) is 5.08. The fourth-order valence-electron chi connectivity index (χ4n) is 7.15. The molecule has 3 heterocycles. The number of thioether (sulfide) groups is 1. The summed E-state index contributed by atoms with van der Waals surface area (Å²) in [5.74, 6) is -0.207. The van der Waals surface area contributed by atoms with Crippen molar-refractivity contribution in [2.75, 3.05) is 4.90 Å². The number of aryl methyl sites for hydroxylation is 1. The van der Waals surface area contributed by atoms with Crippen LogP contribution in [0.4, 0.5) is 5.69 Å². The Morgan fingerprint density at radius 2 is 1.68 bits per heavy atom. The molecule has 0 radical (unpaired) electrons. The maximum atomic E-state index is 13.7. The highest BCUT2D eigenvalue weighted by Gasteiger charge is 2.69. The Morgan fingerprint density at radius 3 is 2.41 bits per heavy atom. The van der Waals surface area contributed by atoms with Gasteiger partial charge in [0.25, 0.3) is 0 Å². The quantitative estimate of drug-likeness (QED) is 0.490. The van der Waals surface area contributed by atoms with Crippen molar-refractivity contribution in [2.24, 2.45) is 29.6 Å². The number of carbonyl (C=O) groups excluding carboxylic acids is 2. The molecule has 4 aliphatic rings. The molecule has 5 nitrogen and oxygen atoms in total. The fraction of sp³-hybridized carbons (Fsp3) is 0.346. The number of anilines is 1. The Labute approximate surface area is 209 Å². The normalized spacial score (nSPS) is 33.2. The second-order valence-electron chi connectivity index (χ2n) is 9.81. The van der Waals surface area contributed by atoms with Gasteiger partial charge in [0.15, 0.2) is 0 Å². The molecule has 2 bridgehead atoms. The van der Waals surface area contributed by atoms with E-state index in [1.54, 1.807) is 36.0 Å². The van der Waals surface area contributed by atoms with Gasteiger partial charge in [0.2, 0.25) is 11.8 Å². The number of aromatic nitrogens is 1. The van der Waals surface area contributed by atoms with Crippen LogP contribution in [-0.4, -0.2) is 22.0 Å². The minimum absolute atomic E-state index is 0.0373. The molecular formula is C26H21ClN2O3S2. The fourth-order valence-corrected chi connectivity index (χ4v) is 10.2. The van der Waals surface area contributed by atoms with Crippen molar-refractivity contribution >= 4 is 52.2 Å². The van der Waals surface area contributed by atoms with Crippen molar-refractivity contribution in [3.8, 4) is 0 Å². The van der Waals surface area contributed by atoms with E-state index in [4.69, 9.17) is 11.6 Å². The second-order valence-corrected chi connectivity index (χ2v) is 12.4. The molecule has 3 fully saturated rings. The number of benzene rings is 2. The van der Waals surface area contributed by atoms with E-state index in [0.29, 0.717) is 10.7 Å². The van der Waals surface area contributed by atoms with E-state index in [1.165, 1.54) is 27.4 Å². The van der Waals surface area contributed by atoms with Crippen LogP contribution in [0.3, 0.4) is 0 Å². The number of nitrogens with zero attached hydrogens (tertiary/aromatic N) is 1. The number of H-pyrrole nitrogens is 1. The largest absolute Gasteiger partial charge is 0.307 e. The van der Waals surface area contributed by atoms with Gasteiger partial charge in [0.05, 0.1) is 22.5 Å². The highest BCUT2D eigenvalue weighted by atomic mass is 35.5. The number of amides is 2. The highest BCUT2D eigenvalue weighted by Crippen LogP contribution is 2.68. The molecule has 2 amide bonds. The first-order valence-corrected chi connectivity index (χ1v) is 13.6. The molecule has 1 N–H and O–H groups in total. The van der Waals surface area contributed by atoms with E-state index >= 15 is 0 Å². The third-order valence-corrected chi connectivity index (χ3v) is 11.2. The van der Waals surface area contributed by atoms with E-state index in [9.17, 15) is 14.4 Å². The summed E-state index contributed by atoms with van der Waals surface area (Å²) >= 11 is 9.06. The monoisotopic (exact) mass is 508 g/mol. The lowest BCUT2D eigenvalue weighted by molar-refractivity contribution is -0.123. The molecule has 1 saturated heterocycles. The van der Waals surface area contributed by atoms with Gasteiger partial charge in [-0.1, -0.05) is 47.2 Å². The molecule has 0 spiro atoms. The zero-order chi connectivity index (χ0) is 23.3. The van der Waals surface area contributed by atoms with E-state index < -0.39 is 0 Å². The molecule has 8 heteroatoms. The Bertz CT molecular complexity index is 1410. The van der Waals surface area contributed by atoms with Gasteiger partial charge in [-0.3, -0.25) is 19.3 Å². The van der Waals surface area contributed by atoms with Gasteiger partial charge in [-0.15, -0.1) is 11.8 Å². The van der Waals surface area contributed by atoms with Gasteiger partial charge in [0.1, 0.15) is 0 Å². The van der Waals surface area contributed by atoms with Crippen molar-refractivity contribution in [3.05, 3.63) is 79.2 Å². The molecule has 2 aliphatic heterocycles. The SMILES string of the molecule is Cc1ccccc1[C@H]1c2sc(=O)[nH]c2S[C@@H]2[C@H]3C[C@@H]([C@H]4C(=O)N(c5ccc(Cl)cc5)C(=O)[C@H]34)[C@@H]12. The summed E-state index contributed by atoms with van der Waals surface area (Å²) in [7, 11) is 0. The predicted molar refractivity (Wildman–Crippen MR) is 134 cm³/mol. The van der Waals surface area contributed by atoms with Gasteiger partial charge in [-0.25, -0.2) is 0 Å². The van der Waals surface area contributed by atoms with Crippen LogP contribution < -0.4 is 9.77 Å². The number of rotatable bonds is 2. The van der Waals surface area contributed by atoms with E-state index in [1.807, 2.05) is 6.07 Å². The first-order chi connectivity index (χ1) is 16.4. The molecule has 3 aromatic rings. The van der Waals surface area contributed by atoms with Gasteiger partial charge < -0.3 is 4.98 Å². The summed E-state index contributed by atoms with van der Waals surface area (Å²) in [5, 5.41) is 1.72. The van der Waals surface area contributed by atoms with Crippen LogP contribution in [0.2, 0.25) is 5.02 Å². The summed E-state index contributed by atoms with van der Waals surface area (Å²) in [6.45, 7) is 2.11. The van der Waals surface area contributed by atoms with Crippen molar-refractivity contribution in [2.45, 2.75) is 29.5 Å². The molecular weight excluding hydrogens is 488 g/mol. The third-order valence-electron chi connectivity index (χ3n) is 8.33. The Morgan fingerprint density at radius 1 is 0.971 bits per heavy atom. The number of nitrogens with one attached hydrogen (secondary N) is 1. The molecule has 0 unspecified atom stereocenters. The van der Waals surface area contributed by atoms with Crippen LogP contribution in [0.15, 0.2) is 58.4 Å². The smallest absolute Gasteiger partial charge is 0.305 e. The van der Waals surface area contributed by atoms with Crippen molar-refractivity contribution in [3.63, 3.8) is 0 Å². The van der Waals surface area contributed by atoms with Crippen LogP contribution in [0, 0.1) is 36.5 Å². The average molecular weight is 509 g/mol. The third kappa shape index (κ3) is 2.72.